The Labute approximate surface area is 429 Å². The Morgan fingerprint density at radius 3 is 1.56 bits per heavy atom. The molecule has 19 nitrogen and oxygen atoms in total. The average Bonchev–Trinajstić information content (AvgIpc) is 3.36. The third kappa shape index (κ3) is 18.8. The highest BCUT2D eigenvalue weighted by Crippen LogP contribution is 2.32. The largest absolute Gasteiger partial charge is 0.461 e. The van der Waals surface area contributed by atoms with E-state index in [1.54, 1.807) is 93.6 Å². The third-order valence-corrected chi connectivity index (χ3v) is 10.2. The Hall–Kier alpha value is -6.77. The van der Waals surface area contributed by atoms with Gasteiger partial charge >= 0.3 is 35.9 Å². The molecule has 1 aliphatic rings. The van der Waals surface area contributed by atoms with Gasteiger partial charge < -0.3 is 48.5 Å². The van der Waals surface area contributed by atoms with Gasteiger partial charge in [-0.1, -0.05) is 108 Å². The van der Waals surface area contributed by atoms with E-state index in [0.717, 1.165) is 4.90 Å². The van der Waals surface area contributed by atoms with Crippen LogP contribution in [0.15, 0.2) is 121 Å². The monoisotopic (exact) mass is 1060 g/mol. The van der Waals surface area contributed by atoms with Gasteiger partial charge in [-0.25, -0.2) is 24.0 Å². The number of esters is 5. The fourth-order valence-corrected chi connectivity index (χ4v) is 6.68. The number of hydrogen-bond donors (Lipinski definition) is 2. The van der Waals surface area contributed by atoms with Crippen molar-refractivity contribution in [3.8, 4) is 0 Å². The molecule has 5 atom stereocenters. The highest BCUT2D eigenvalue weighted by atomic mass is 35.6. The second-order valence-electron chi connectivity index (χ2n) is 16.6. The number of nitrogens with zero attached hydrogens (tertiary/aromatic N) is 1. The first kappa shape index (κ1) is 56.1. The zero-order valence-electron chi connectivity index (χ0n) is 39.2. The molecule has 3 amide bonds. The van der Waals surface area contributed by atoms with E-state index in [9.17, 15) is 38.4 Å². The molecule has 5 rings (SSSR count). The molecule has 4 aromatic rings. The van der Waals surface area contributed by atoms with Gasteiger partial charge in [0.15, 0.2) is 24.6 Å². The van der Waals surface area contributed by atoms with Gasteiger partial charge in [0.2, 0.25) is 15.6 Å². The molecule has 0 aromatic heterocycles. The molecule has 384 valence electrons. The van der Waals surface area contributed by atoms with Gasteiger partial charge in [0.1, 0.15) is 31.5 Å². The molecule has 1 aliphatic heterocycles. The molecule has 2 N–H and O–H groups in total. The summed E-state index contributed by atoms with van der Waals surface area (Å²) in [5.74, 6) is -5.81. The van der Waals surface area contributed by atoms with Gasteiger partial charge in [0, 0.05) is 13.1 Å². The fraction of sp³-hybridized carbons (Fsp3) is 0.360. The predicted molar refractivity (Wildman–Crippen MR) is 258 cm³/mol. The van der Waals surface area contributed by atoms with Gasteiger partial charge in [0.25, 0.3) is 0 Å². The summed E-state index contributed by atoms with van der Waals surface area (Å²) in [6, 6.07) is 31.5. The van der Waals surface area contributed by atoms with Crippen molar-refractivity contribution in [2.24, 2.45) is 0 Å². The first-order valence-electron chi connectivity index (χ1n) is 22.3. The smallest absolute Gasteiger partial charge is 0.410 e. The molecule has 0 bridgehead atoms. The van der Waals surface area contributed by atoms with Crippen LogP contribution in [0.2, 0.25) is 0 Å². The van der Waals surface area contributed by atoms with Gasteiger partial charge in [-0.3, -0.25) is 19.3 Å². The lowest BCUT2D eigenvalue weighted by molar-refractivity contribution is -0.297. The number of carbonyl (C=O) groups excluding carboxylic acids is 8. The number of rotatable bonds is 21. The van der Waals surface area contributed by atoms with Crippen molar-refractivity contribution < 1.29 is 76.3 Å². The van der Waals surface area contributed by atoms with Gasteiger partial charge in [-0.15, -0.1) is 0 Å². The van der Waals surface area contributed by atoms with Crippen LogP contribution in [0.1, 0.15) is 68.6 Å². The topological polar surface area (TPSA) is 238 Å². The second-order valence-corrected chi connectivity index (χ2v) is 19.2. The first-order valence-corrected chi connectivity index (χ1v) is 23.4. The average molecular weight is 1060 g/mol. The number of amides is 3. The summed E-state index contributed by atoms with van der Waals surface area (Å²) in [6.07, 6.45) is -9.38. The molecular weight excluding hydrogens is 1000 g/mol. The van der Waals surface area contributed by atoms with Crippen LogP contribution in [-0.2, 0) is 52.3 Å². The SMILES string of the molecule is CC(C)(C)OC(=O)N(CCC(=O)OCC(Cl)(Cl)Cl)CC(=O)NCC(=O)NCCO[C@@H]1O[C@H](COC(=O)c2ccccc2)[C@H](OC(=O)c2ccccc2)[C@H](OC(=O)c2ccccc2)[C@H]1OC(=O)c1ccccc1. The van der Waals surface area contributed by atoms with Gasteiger partial charge in [0.05, 0.1) is 41.8 Å². The Morgan fingerprint density at radius 2 is 1.07 bits per heavy atom. The molecule has 72 heavy (non-hydrogen) atoms. The van der Waals surface area contributed by atoms with E-state index in [1.807, 2.05) is 0 Å². The summed E-state index contributed by atoms with van der Waals surface area (Å²) in [4.78, 5) is 107. The van der Waals surface area contributed by atoms with Crippen LogP contribution >= 0.6 is 34.8 Å². The second kappa shape index (κ2) is 27.2. The van der Waals surface area contributed by atoms with Crippen molar-refractivity contribution >= 4 is 82.6 Å². The Kier molecular flexibility index (Phi) is 21.2. The van der Waals surface area contributed by atoms with E-state index in [0.29, 0.717) is 0 Å². The lowest BCUT2D eigenvalue weighted by atomic mass is 9.97. The Bertz CT molecular complexity index is 2460. The highest BCUT2D eigenvalue weighted by molar-refractivity contribution is 6.67. The molecule has 4 aromatic carbocycles. The molecule has 1 fully saturated rings. The quantitative estimate of drug-likeness (QED) is 0.0419. The third-order valence-electron chi connectivity index (χ3n) is 9.86. The molecule has 22 heteroatoms. The van der Waals surface area contributed by atoms with E-state index >= 15 is 0 Å². The van der Waals surface area contributed by atoms with Crippen LogP contribution in [-0.4, -0.2) is 139 Å². The summed E-state index contributed by atoms with van der Waals surface area (Å²) in [7, 11) is 0. The number of benzene rings is 4. The number of ether oxygens (including phenoxy) is 8. The van der Waals surface area contributed by atoms with Crippen LogP contribution < -0.4 is 10.6 Å². The number of carbonyl (C=O) groups is 8. The minimum absolute atomic E-state index is 0.0838. The van der Waals surface area contributed by atoms with Crippen LogP contribution in [0.25, 0.3) is 0 Å². The maximum absolute atomic E-state index is 13.9. The van der Waals surface area contributed by atoms with E-state index in [1.165, 1.54) is 48.5 Å². The van der Waals surface area contributed by atoms with E-state index in [-0.39, 0.29) is 48.4 Å². The summed E-state index contributed by atoms with van der Waals surface area (Å²) in [5.41, 5.74) is -0.503. The zero-order valence-corrected chi connectivity index (χ0v) is 41.5. The molecule has 0 unspecified atom stereocenters. The van der Waals surface area contributed by atoms with Crippen molar-refractivity contribution in [3.63, 3.8) is 0 Å². The number of nitrogens with one attached hydrogen (secondary N) is 2. The van der Waals surface area contributed by atoms with Crippen molar-refractivity contribution in [2.75, 3.05) is 46.0 Å². The maximum atomic E-state index is 13.9. The molecule has 0 aliphatic carbocycles. The Morgan fingerprint density at radius 1 is 0.597 bits per heavy atom. The fourth-order valence-electron chi connectivity index (χ4n) is 6.52. The molecule has 1 heterocycles. The number of alkyl halides is 3. The lowest BCUT2D eigenvalue weighted by Gasteiger charge is -2.44. The normalized spacial score (nSPS) is 17.5. The first-order chi connectivity index (χ1) is 34.3. The minimum Gasteiger partial charge on any atom is -0.461 e. The Balaban J connectivity index is 1.34. The molecule has 1 saturated heterocycles. The summed E-state index contributed by atoms with van der Waals surface area (Å²) in [6.45, 7) is 1.52. The van der Waals surface area contributed by atoms with Crippen molar-refractivity contribution in [3.05, 3.63) is 144 Å². The summed E-state index contributed by atoms with van der Waals surface area (Å²) >= 11 is 16.9. The minimum atomic E-state index is -1.87. The van der Waals surface area contributed by atoms with Crippen LogP contribution in [0.5, 0.6) is 0 Å². The standard InChI is InChI=1S/C50H52Cl3N3O16/c1-49(2,3)72-48(64)56(26-24-39(59)67-31-50(51,52)53)29-38(58)55-28-37(57)54-25-27-65-47-42(71-46(63)35-22-14-7-15-23-35)41(70-45(62)34-20-12-6-13-21-34)40(69-44(61)33-18-10-5-11-19-33)36(68-47)30-66-43(60)32-16-8-4-9-17-32/h4-23,36,40-42,47H,24-31H2,1-3H3,(H,54,57)(H,55,58)/t36-,40+,41+,42-,47-/m1/s1. The van der Waals surface area contributed by atoms with E-state index < -0.39 is 114 Å². The molecule has 0 saturated carbocycles. The van der Waals surface area contributed by atoms with E-state index in [2.05, 4.69) is 10.6 Å². The predicted octanol–water partition coefficient (Wildman–Crippen LogP) is 6.03. The highest BCUT2D eigenvalue weighted by Gasteiger charge is 2.53. The van der Waals surface area contributed by atoms with Crippen molar-refractivity contribution in [2.45, 2.75) is 67.3 Å². The summed E-state index contributed by atoms with van der Waals surface area (Å²) in [5, 5.41) is 4.94. The van der Waals surface area contributed by atoms with Gasteiger partial charge in [-0.05, 0) is 69.3 Å². The van der Waals surface area contributed by atoms with Gasteiger partial charge in [-0.2, -0.15) is 0 Å². The van der Waals surface area contributed by atoms with Crippen LogP contribution in [0.3, 0.4) is 0 Å². The number of halogens is 3. The van der Waals surface area contributed by atoms with Crippen molar-refractivity contribution in [1.29, 1.82) is 0 Å². The maximum Gasteiger partial charge on any atom is 0.410 e. The molecular formula is C50H52Cl3N3O16. The van der Waals surface area contributed by atoms with Crippen LogP contribution in [0, 0.1) is 0 Å². The molecule has 0 radical (unpaired) electrons. The summed E-state index contributed by atoms with van der Waals surface area (Å²) < 4.78 is 44.5. The van der Waals surface area contributed by atoms with E-state index in [4.69, 9.17) is 72.7 Å². The number of hydrogen-bond acceptors (Lipinski definition) is 16. The zero-order chi connectivity index (χ0) is 52.3. The molecule has 0 spiro atoms. The van der Waals surface area contributed by atoms with Crippen LogP contribution in [0.4, 0.5) is 4.79 Å². The lowest BCUT2D eigenvalue weighted by Crippen LogP contribution is -2.63. The van der Waals surface area contributed by atoms with Crippen molar-refractivity contribution in [1.82, 2.24) is 15.5 Å².